The van der Waals surface area contributed by atoms with Crippen LogP contribution in [0.3, 0.4) is 0 Å². The number of carbonyl (C=O) groups is 1. The van der Waals surface area contributed by atoms with E-state index in [1.54, 1.807) is 31.6 Å². The predicted octanol–water partition coefficient (Wildman–Crippen LogP) is 2.95. The lowest BCUT2D eigenvalue weighted by atomic mass is 10.0. The van der Waals surface area contributed by atoms with Crippen molar-refractivity contribution in [2.75, 3.05) is 25.1 Å². The smallest absolute Gasteiger partial charge is 0.253 e. The van der Waals surface area contributed by atoms with E-state index >= 15 is 0 Å². The summed E-state index contributed by atoms with van der Waals surface area (Å²) in [4.78, 5) is 18.5. The van der Waals surface area contributed by atoms with Crippen LogP contribution in [0, 0.1) is 0 Å². The van der Waals surface area contributed by atoms with E-state index in [9.17, 15) is 4.79 Å². The highest BCUT2D eigenvalue weighted by Gasteiger charge is 2.22. The van der Waals surface area contributed by atoms with Gasteiger partial charge in [0.05, 0.1) is 18.4 Å². The van der Waals surface area contributed by atoms with Crippen LogP contribution >= 0.6 is 0 Å². The number of nitrogens with zero attached hydrogens (tertiary/aromatic N) is 4. The van der Waals surface area contributed by atoms with Gasteiger partial charge in [0.1, 0.15) is 5.75 Å². The van der Waals surface area contributed by atoms with Gasteiger partial charge in [-0.25, -0.2) is 0 Å². The Bertz CT molecular complexity index is 954. The van der Waals surface area contributed by atoms with Crippen LogP contribution in [-0.2, 0) is 0 Å². The lowest BCUT2D eigenvalue weighted by Gasteiger charge is -2.32. The molecule has 0 saturated carbocycles. The number of carbonyl (C=O) groups excluding carboxylic acids is 1. The maximum absolute atomic E-state index is 12.3. The summed E-state index contributed by atoms with van der Waals surface area (Å²) in [7, 11) is 1.65. The number of amides is 1. The number of nitrogens with one attached hydrogen (secondary N) is 1. The predicted molar refractivity (Wildman–Crippen MR) is 111 cm³/mol. The average molecular weight is 389 g/mol. The van der Waals surface area contributed by atoms with Crippen LogP contribution in [0.4, 0.5) is 5.82 Å². The van der Waals surface area contributed by atoms with Crippen molar-refractivity contribution in [2.45, 2.75) is 18.9 Å². The van der Waals surface area contributed by atoms with E-state index in [0.717, 1.165) is 48.8 Å². The molecule has 1 fully saturated rings. The Balaban J connectivity index is 1.36. The first-order chi connectivity index (χ1) is 14.2. The van der Waals surface area contributed by atoms with Crippen LogP contribution in [0.25, 0.3) is 11.3 Å². The highest BCUT2D eigenvalue weighted by Crippen LogP contribution is 2.28. The van der Waals surface area contributed by atoms with Crippen molar-refractivity contribution in [1.82, 2.24) is 20.5 Å². The maximum Gasteiger partial charge on any atom is 0.253 e. The zero-order valence-electron chi connectivity index (χ0n) is 16.3. The summed E-state index contributed by atoms with van der Waals surface area (Å²) in [5, 5.41) is 11.9. The Labute approximate surface area is 169 Å². The fraction of sp³-hybridized carbons (Fsp3) is 0.273. The van der Waals surface area contributed by atoms with Gasteiger partial charge >= 0.3 is 0 Å². The second-order valence-corrected chi connectivity index (χ2v) is 6.95. The molecule has 0 bridgehead atoms. The summed E-state index contributed by atoms with van der Waals surface area (Å²) in [6.45, 7) is 1.64. The maximum atomic E-state index is 12.3. The van der Waals surface area contributed by atoms with Gasteiger partial charge in [0, 0.05) is 37.1 Å². The normalized spacial score (nSPS) is 14.4. The third-order valence-corrected chi connectivity index (χ3v) is 5.11. The van der Waals surface area contributed by atoms with Crippen molar-refractivity contribution in [3.63, 3.8) is 0 Å². The molecule has 2 aromatic heterocycles. The molecular weight excluding hydrogens is 366 g/mol. The minimum atomic E-state index is -0.0718. The number of methoxy groups -OCH3 is 1. The molecule has 0 unspecified atom stereocenters. The molecule has 3 aromatic rings. The quantitative estimate of drug-likeness (QED) is 0.723. The molecule has 0 radical (unpaired) electrons. The molecular formula is C22H23N5O2. The summed E-state index contributed by atoms with van der Waals surface area (Å²) >= 11 is 0. The van der Waals surface area contributed by atoms with Gasteiger partial charge in [-0.3, -0.25) is 9.78 Å². The Morgan fingerprint density at radius 1 is 1.07 bits per heavy atom. The summed E-state index contributed by atoms with van der Waals surface area (Å²) in [5.74, 6) is 1.55. The van der Waals surface area contributed by atoms with Gasteiger partial charge in [0.15, 0.2) is 5.82 Å². The van der Waals surface area contributed by atoms with Gasteiger partial charge in [-0.15, -0.1) is 10.2 Å². The van der Waals surface area contributed by atoms with Gasteiger partial charge in [-0.05, 0) is 49.2 Å². The number of pyridine rings is 1. The Morgan fingerprint density at radius 2 is 1.90 bits per heavy atom. The molecule has 1 amide bonds. The molecule has 4 rings (SSSR count). The average Bonchev–Trinajstić information content (AvgIpc) is 2.80. The second-order valence-electron chi connectivity index (χ2n) is 6.95. The molecule has 0 spiro atoms. The molecule has 3 heterocycles. The van der Waals surface area contributed by atoms with E-state index in [0.29, 0.717) is 5.56 Å². The van der Waals surface area contributed by atoms with Crippen molar-refractivity contribution in [3.8, 4) is 17.0 Å². The molecule has 1 saturated heterocycles. The minimum Gasteiger partial charge on any atom is -0.496 e. The third-order valence-electron chi connectivity index (χ3n) is 5.11. The van der Waals surface area contributed by atoms with E-state index in [1.807, 2.05) is 36.4 Å². The summed E-state index contributed by atoms with van der Waals surface area (Å²) in [6, 6.07) is 15.4. The number of para-hydroxylation sites is 1. The van der Waals surface area contributed by atoms with Gasteiger partial charge in [0.25, 0.3) is 5.91 Å². The second kappa shape index (κ2) is 8.68. The van der Waals surface area contributed by atoms with Crippen LogP contribution < -0.4 is 15.0 Å². The van der Waals surface area contributed by atoms with Crippen LogP contribution in [-0.4, -0.2) is 47.3 Å². The van der Waals surface area contributed by atoms with Crippen molar-refractivity contribution >= 4 is 11.7 Å². The minimum absolute atomic E-state index is 0.0718. The Morgan fingerprint density at radius 3 is 2.59 bits per heavy atom. The lowest BCUT2D eigenvalue weighted by Crippen LogP contribution is -2.45. The Hall–Kier alpha value is -3.48. The third kappa shape index (κ3) is 4.34. The van der Waals surface area contributed by atoms with E-state index in [2.05, 4.69) is 25.4 Å². The van der Waals surface area contributed by atoms with E-state index < -0.39 is 0 Å². The number of anilines is 1. The van der Waals surface area contributed by atoms with E-state index in [1.165, 1.54) is 0 Å². The monoisotopic (exact) mass is 389 g/mol. The van der Waals surface area contributed by atoms with Gasteiger partial charge in [0.2, 0.25) is 0 Å². The number of rotatable bonds is 5. The number of ether oxygens (including phenoxy) is 1. The molecule has 0 aliphatic carbocycles. The van der Waals surface area contributed by atoms with Crippen molar-refractivity contribution in [1.29, 1.82) is 0 Å². The first kappa shape index (κ1) is 18.9. The molecule has 1 aliphatic rings. The molecule has 1 aliphatic heterocycles. The SMILES string of the molecule is COc1ccccc1-c1ccc(N2CCC(NC(=O)c3cccnc3)CC2)nn1. The number of hydrogen-bond acceptors (Lipinski definition) is 6. The van der Waals surface area contributed by atoms with E-state index in [4.69, 9.17) is 4.74 Å². The van der Waals surface area contributed by atoms with Crippen molar-refractivity contribution in [3.05, 3.63) is 66.5 Å². The summed E-state index contributed by atoms with van der Waals surface area (Å²) in [5.41, 5.74) is 2.29. The summed E-state index contributed by atoms with van der Waals surface area (Å²) < 4.78 is 5.41. The number of aromatic nitrogens is 3. The highest BCUT2D eigenvalue weighted by molar-refractivity contribution is 5.94. The first-order valence-corrected chi connectivity index (χ1v) is 9.67. The lowest BCUT2D eigenvalue weighted by molar-refractivity contribution is 0.0930. The topological polar surface area (TPSA) is 80.2 Å². The number of hydrogen-bond donors (Lipinski definition) is 1. The van der Waals surface area contributed by atoms with Gasteiger partial charge in [-0.2, -0.15) is 0 Å². The molecule has 29 heavy (non-hydrogen) atoms. The van der Waals surface area contributed by atoms with Crippen LogP contribution in [0.5, 0.6) is 5.75 Å². The molecule has 148 valence electrons. The standard InChI is InChI=1S/C22H23N5O2/c1-29-20-7-3-2-6-18(20)19-8-9-21(26-25-19)27-13-10-17(11-14-27)24-22(28)16-5-4-12-23-15-16/h2-9,12,15,17H,10-11,13-14H2,1H3,(H,24,28). The number of benzene rings is 1. The fourth-order valence-electron chi connectivity index (χ4n) is 3.51. The Kier molecular flexibility index (Phi) is 5.65. The molecule has 7 nitrogen and oxygen atoms in total. The highest BCUT2D eigenvalue weighted by atomic mass is 16.5. The van der Waals surface area contributed by atoms with Crippen molar-refractivity contribution in [2.24, 2.45) is 0 Å². The van der Waals surface area contributed by atoms with E-state index in [-0.39, 0.29) is 11.9 Å². The first-order valence-electron chi connectivity index (χ1n) is 9.67. The van der Waals surface area contributed by atoms with Gasteiger partial charge < -0.3 is 15.0 Å². The zero-order chi connectivity index (χ0) is 20.1. The van der Waals surface area contributed by atoms with Crippen LogP contribution in [0.1, 0.15) is 23.2 Å². The molecule has 1 aromatic carbocycles. The summed E-state index contributed by atoms with van der Waals surface area (Å²) in [6.07, 6.45) is 4.97. The largest absolute Gasteiger partial charge is 0.496 e. The van der Waals surface area contributed by atoms with Crippen LogP contribution in [0.2, 0.25) is 0 Å². The molecule has 1 N–H and O–H groups in total. The van der Waals surface area contributed by atoms with Crippen LogP contribution in [0.15, 0.2) is 60.9 Å². The van der Waals surface area contributed by atoms with Gasteiger partial charge in [-0.1, -0.05) is 12.1 Å². The van der Waals surface area contributed by atoms with Crippen molar-refractivity contribution < 1.29 is 9.53 Å². The molecule has 0 atom stereocenters. The fourth-order valence-corrected chi connectivity index (χ4v) is 3.51. The molecule has 7 heteroatoms. The number of piperidine rings is 1. The zero-order valence-corrected chi connectivity index (χ0v) is 16.3.